The molecular formula is C14H15N3O3S. The number of pyridine rings is 1. The van der Waals surface area contributed by atoms with Crippen LogP contribution in [-0.4, -0.2) is 25.4 Å². The second-order valence-electron chi connectivity index (χ2n) is 4.45. The molecule has 1 aromatic heterocycles. The third-order valence-electron chi connectivity index (χ3n) is 2.87. The predicted molar refractivity (Wildman–Crippen MR) is 77.7 cm³/mol. The summed E-state index contributed by atoms with van der Waals surface area (Å²) in [5.41, 5.74) is 6.10. The fraction of sp³-hybridized carbons (Fsp3) is 0.143. The van der Waals surface area contributed by atoms with Crippen molar-refractivity contribution in [3.8, 4) is 0 Å². The van der Waals surface area contributed by atoms with E-state index in [1.807, 2.05) is 18.2 Å². The molecule has 1 amide bonds. The number of nitrogens with one attached hydrogen (secondary N) is 1. The number of primary amides is 1. The summed E-state index contributed by atoms with van der Waals surface area (Å²) in [6.45, 7) is 0. The van der Waals surface area contributed by atoms with Crippen LogP contribution in [0.4, 0.5) is 0 Å². The molecule has 0 unspecified atom stereocenters. The summed E-state index contributed by atoms with van der Waals surface area (Å²) in [5.74, 6) is -0.730. The smallest absolute Gasteiger partial charge is 0.242 e. The van der Waals surface area contributed by atoms with Gasteiger partial charge in [-0.2, -0.15) is 4.72 Å². The number of rotatable bonds is 6. The number of hydrogen-bond acceptors (Lipinski definition) is 4. The monoisotopic (exact) mass is 305 g/mol. The minimum atomic E-state index is -3.84. The summed E-state index contributed by atoms with van der Waals surface area (Å²) in [6.07, 6.45) is 2.87. The van der Waals surface area contributed by atoms with Crippen molar-refractivity contribution in [3.63, 3.8) is 0 Å². The maximum atomic E-state index is 12.2. The Morgan fingerprint density at radius 2 is 1.90 bits per heavy atom. The van der Waals surface area contributed by atoms with Crippen LogP contribution in [0.3, 0.4) is 0 Å². The van der Waals surface area contributed by atoms with Crippen molar-refractivity contribution < 1.29 is 13.2 Å². The first-order valence-corrected chi connectivity index (χ1v) is 7.73. The van der Waals surface area contributed by atoms with Crippen LogP contribution in [0.15, 0.2) is 59.8 Å². The number of aromatic nitrogens is 1. The molecular weight excluding hydrogens is 290 g/mol. The Balaban J connectivity index is 2.19. The molecule has 1 heterocycles. The SMILES string of the molecule is NC(=O)[C@H](Cc1ccccc1)NS(=O)(=O)c1cccnc1. The van der Waals surface area contributed by atoms with E-state index in [1.165, 1.54) is 24.5 Å². The van der Waals surface area contributed by atoms with Crippen molar-refractivity contribution in [3.05, 3.63) is 60.4 Å². The molecule has 21 heavy (non-hydrogen) atoms. The molecule has 0 spiro atoms. The van der Waals surface area contributed by atoms with Gasteiger partial charge in [0.05, 0.1) is 0 Å². The molecule has 1 atom stereocenters. The van der Waals surface area contributed by atoms with E-state index in [0.717, 1.165) is 5.56 Å². The normalized spacial score (nSPS) is 12.8. The van der Waals surface area contributed by atoms with Crippen molar-refractivity contribution >= 4 is 15.9 Å². The van der Waals surface area contributed by atoms with E-state index >= 15 is 0 Å². The average molecular weight is 305 g/mol. The third kappa shape index (κ3) is 4.11. The summed E-state index contributed by atoms with van der Waals surface area (Å²) in [4.78, 5) is 15.2. The van der Waals surface area contributed by atoms with Gasteiger partial charge in [-0.1, -0.05) is 30.3 Å². The second kappa shape index (κ2) is 6.47. The molecule has 0 aliphatic heterocycles. The van der Waals surface area contributed by atoms with Crippen molar-refractivity contribution in [2.75, 3.05) is 0 Å². The Labute approximate surface area is 123 Å². The van der Waals surface area contributed by atoms with Gasteiger partial charge in [0.15, 0.2) is 0 Å². The predicted octanol–water partition coefficient (Wildman–Crippen LogP) is 0.456. The van der Waals surface area contributed by atoms with E-state index in [-0.39, 0.29) is 11.3 Å². The lowest BCUT2D eigenvalue weighted by Gasteiger charge is -2.15. The molecule has 0 fully saturated rings. The zero-order valence-corrected chi connectivity index (χ0v) is 12.0. The molecule has 0 saturated carbocycles. The Hall–Kier alpha value is -2.25. The minimum absolute atomic E-state index is 0.00990. The van der Waals surface area contributed by atoms with E-state index in [0.29, 0.717) is 0 Å². The van der Waals surface area contributed by atoms with Crippen LogP contribution in [-0.2, 0) is 21.2 Å². The van der Waals surface area contributed by atoms with Gasteiger partial charge in [0.25, 0.3) is 0 Å². The van der Waals surface area contributed by atoms with Gasteiger partial charge in [-0.15, -0.1) is 0 Å². The summed E-state index contributed by atoms with van der Waals surface area (Å²) < 4.78 is 26.7. The number of carbonyl (C=O) groups excluding carboxylic acids is 1. The lowest BCUT2D eigenvalue weighted by atomic mass is 10.1. The van der Waals surface area contributed by atoms with Crippen molar-refractivity contribution in [1.82, 2.24) is 9.71 Å². The zero-order valence-electron chi connectivity index (χ0n) is 11.1. The van der Waals surface area contributed by atoms with Gasteiger partial charge in [-0.3, -0.25) is 9.78 Å². The van der Waals surface area contributed by atoms with E-state index in [2.05, 4.69) is 9.71 Å². The van der Waals surface area contributed by atoms with Crippen LogP contribution in [0.25, 0.3) is 0 Å². The van der Waals surface area contributed by atoms with Gasteiger partial charge in [0.2, 0.25) is 15.9 Å². The fourth-order valence-electron chi connectivity index (χ4n) is 1.81. The third-order valence-corrected chi connectivity index (χ3v) is 4.33. The lowest BCUT2D eigenvalue weighted by Crippen LogP contribution is -2.45. The Kier molecular flexibility index (Phi) is 4.66. The van der Waals surface area contributed by atoms with Gasteiger partial charge >= 0.3 is 0 Å². The van der Waals surface area contributed by atoms with Gasteiger partial charge in [0.1, 0.15) is 10.9 Å². The molecule has 0 bridgehead atoms. The topological polar surface area (TPSA) is 102 Å². The first kappa shape index (κ1) is 15.1. The Bertz CT molecular complexity index is 703. The first-order chi connectivity index (χ1) is 9.99. The van der Waals surface area contributed by atoms with Crippen molar-refractivity contribution in [1.29, 1.82) is 0 Å². The summed E-state index contributed by atoms with van der Waals surface area (Å²) in [6, 6.07) is 10.9. The van der Waals surface area contributed by atoms with Crippen LogP contribution in [0.2, 0.25) is 0 Å². The fourth-order valence-corrected chi connectivity index (χ4v) is 2.98. The Morgan fingerprint density at radius 1 is 1.19 bits per heavy atom. The second-order valence-corrected chi connectivity index (χ2v) is 6.17. The van der Waals surface area contributed by atoms with Crippen LogP contribution in [0, 0.1) is 0 Å². The van der Waals surface area contributed by atoms with Gasteiger partial charge in [0, 0.05) is 12.4 Å². The molecule has 6 nitrogen and oxygen atoms in total. The number of carbonyl (C=O) groups is 1. The highest BCUT2D eigenvalue weighted by atomic mass is 32.2. The quantitative estimate of drug-likeness (QED) is 0.809. The highest BCUT2D eigenvalue weighted by molar-refractivity contribution is 7.89. The van der Waals surface area contributed by atoms with E-state index in [9.17, 15) is 13.2 Å². The molecule has 2 aromatic rings. The van der Waals surface area contributed by atoms with Crippen molar-refractivity contribution in [2.24, 2.45) is 5.73 Å². The number of sulfonamides is 1. The zero-order chi connectivity index (χ0) is 15.3. The maximum Gasteiger partial charge on any atom is 0.242 e. The Morgan fingerprint density at radius 3 is 2.48 bits per heavy atom. The molecule has 3 N–H and O–H groups in total. The number of benzene rings is 1. The first-order valence-electron chi connectivity index (χ1n) is 6.24. The highest BCUT2D eigenvalue weighted by Gasteiger charge is 2.24. The van der Waals surface area contributed by atoms with Crippen LogP contribution < -0.4 is 10.5 Å². The lowest BCUT2D eigenvalue weighted by molar-refractivity contribution is -0.119. The summed E-state index contributed by atoms with van der Waals surface area (Å²) in [7, 11) is -3.84. The molecule has 7 heteroatoms. The van der Waals surface area contributed by atoms with Crippen molar-refractivity contribution in [2.45, 2.75) is 17.4 Å². The van der Waals surface area contributed by atoms with E-state index in [4.69, 9.17) is 5.73 Å². The highest BCUT2D eigenvalue weighted by Crippen LogP contribution is 2.09. The average Bonchev–Trinajstić information content (AvgIpc) is 2.48. The molecule has 0 radical (unpaired) electrons. The minimum Gasteiger partial charge on any atom is -0.368 e. The standard InChI is InChI=1S/C14H15N3O3S/c15-14(18)13(9-11-5-2-1-3-6-11)17-21(19,20)12-7-4-8-16-10-12/h1-8,10,13,17H,9H2,(H2,15,18)/t13-/m0/s1. The van der Waals surface area contributed by atoms with Gasteiger partial charge < -0.3 is 5.73 Å². The molecule has 1 aromatic carbocycles. The van der Waals surface area contributed by atoms with E-state index in [1.54, 1.807) is 12.1 Å². The van der Waals surface area contributed by atoms with Crippen LogP contribution >= 0.6 is 0 Å². The van der Waals surface area contributed by atoms with Crippen LogP contribution in [0.5, 0.6) is 0 Å². The van der Waals surface area contributed by atoms with Gasteiger partial charge in [-0.05, 0) is 24.1 Å². The number of nitrogens with zero attached hydrogens (tertiary/aromatic N) is 1. The molecule has 110 valence electrons. The molecule has 0 saturated heterocycles. The number of hydrogen-bond donors (Lipinski definition) is 2. The molecule has 0 aliphatic rings. The van der Waals surface area contributed by atoms with Gasteiger partial charge in [-0.25, -0.2) is 8.42 Å². The molecule has 0 aliphatic carbocycles. The van der Waals surface area contributed by atoms with E-state index < -0.39 is 22.0 Å². The number of amides is 1. The van der Waals surface area contributed by atoms with Crippen LogP contribution in [0.1, 0.15) is 5.56 Å². The largest absolute Gasteiger partial charge is 0.368 e. The summed E-state index contributed by atoms with van der Waals surface area (Å²) >= 11 is 0. The molecule has 2 rings (SSSR count). The maximum absolute atomic E-state index is 12.2. The number of nitrogens with two attached hydrogens (primary N) is 1. The summed E-state index contributed by atoms with van der Waals surface area (Å²) in [5, 5.41) is 0.